The molecule has 3 rings (SSSR count). The van der Waals surface area contributed by atoms with Gasteiger partial charge in [0.2, 0.25) is 0 Å². The maximum Gasteiger partial charge on any atom is 0.416 e. The highest BCUT2D eigenvalue weighted by Gasteiger charge is 2.29. The Morgan fingerprint density at radius 2 is 1.82 bits per heavy atom. The van der Waals surface area contributed by atoms with Crippen LogP contribution in [0.3, 0.4) is 0 Å². The van der Waals surface area contributed by atoms with Gasteiger partial charge in [0.05, 0.1) is 18.2 Å². The van der Waals surface area contributed by atoms with Crippen LogP contribution >= 0.6 is 0 Å². The summed E-state index contributed by atoms with van der Waals surface area (Å²) in [4.78, 5) is 5.44. The number of benzene rings is 2. The van der Waals surface area contributed by atoms with Crippen LogP contribution in [-0.2, 0) is 17.6 Å². The number of rotatable bonds is 8. The number of hydroxylamine groups is 1. The van der Waals surface area contributed by atoms with Crippen LogP contribution in [0.15, 0.2) is 48.5 Å². The maximum absolute atomic E-state index is 12.6. The standard InChI is InChI=1S/C21H25F3N2O2/c1-15(26-28-13-16-4-8-18(9-5-16)21(22,23)24)17-6-10-20(11-7-17)27-14-19-3-2-12-25-19/h4-11,15,19,25-26H,2-3,12-14H2,1H3. The quantitative estimate of drug-likeness (QED) is 0.642. The molecule has 1 aliphatic rings. The zero-order valence-corrected chi connectivity index (χ0v) is 15.8. The van der Waals surface area contributed by atoms with E-state index in [9.17, 15) is 13.2 Å². The van der Waals surface area contributed by atoms with Crippen molar-refractivity contribution in [2.24, 2.45) is 0 Å². The van der Waals surface area contributed by atoms with Crippen molar-refractivity contribution >= 4 is 0 Å². The van der Waals surface area contributed by atoms with Gasteiger partial charge >= 0.3 is 6.18 Å². The molecular formula is C21H25F3N2O2. The highest BCUT2D eigenvalue weighted by Crippen LogP contribution is 2.29. The third-order valence-corrected chi connectivity index (χ3v) is 4.77. The summed E-state index contributed by atoms with van der Waals surface area (Å²) in [6, 6.07) is 13.1. The average molecular weight is 394 g/mol. The monoisotopic (exact) mass is 394 g/mol. The molecule has 2 N–H and O–H groups in total. The molecule has 0 aliphatic carbocycles. The Hall–Kier alpha value is -2.09. The van der Waals surface area contributed by atoms with Crippen LogP contribution in [0.25, 0.3) is 0 Å². The lowest BCUT2D eigenvalue weighted by atomic mass is 10.1. The third-order valence-electron chi connectivity index (χ3n) is 4.77. The van der Waals surface area contributed by atoms with Crippen molar-refractivity contribution < 1.29 is 22.7 Å². The van der Waals surface area contributed by atoms with Gasteiger partial charge in [0.1, 0.15) is 12.4 Å². The molecular weight excluding hydrogens is 369 g/mol. The van der Waals surface area contributed by atoms with E-state index in [2.05, 4.69) is 10.8 Å². The number of halogens is 3. The van der Waals surface area contributed by atoms with Crippen LogP contribution < -0.4 is 15.5 Å². The Morgan fingerprint density at radius 3 is 2.43 bits per heavy atom. The van der Waals surface area contributed by atoms with Gasteiger partial charge in [-0.05, 0) is 61.7 Å². The van der Waals surface area contributed by atoms with E-state index in [0.717, 1.165) is 36.4 Å². The van der Waals surface area contributed by atoms with Gasteiger partial charge in [0, 0.05) is 6.04 Å². The van der Waals surface area contributed by atoms with E-state index in [1.807, 2.05) is 31.2 Å². The zero-order valence-electron chi connectivity index (χ0n) is 15.8. The first-order valence-electron chi connectivity index (χ1n) is 9.41. The number of ether oxygens (including phenoxy) is 1. The van der Waals surface area contributed by atoms with Crippen molar-refractivity contribution in [1.82, 2.24) is 10.8 Å². The first-order chi connectivity index (χ1) is 13.4. The van der Waals surface area contributed by atoms with Crippen LogP contribution in [0.2, 0.25) is 0 Å². The highest BCUT2D eigenvalue weighted by atomic mass is 19.4. The van der Waals surface area contributed by atoms with E-state index in [1.165, 1.54) is 18.6 Å². The molecule has 4 nitrogen and oxygen atoms in total. The van der Waals surface area contributed by atoms with E-state index in [0.29, 0.717) is 18.2 Å². The summed E-state index contributed by atoms with van der Waals surface area (Å²) in [7, 11) is 0. The van der Waals surface area contributed by atoms with E-state index in [4.69, 9.17) is 9.57 Å². The van der Waals surface area contributed by atoms with Crippen LogP contribution in [-0.4, -0.2) is 19.2 Å². The largest absolute Gasteiger partial charge is 0.492 e. The highest BCUT2D eigenvalue weighted by molar-refractivity contribution is 5.29. The minimum atomic E-state index is -4.32. The summed E-state index contributed by atoms with van der Waals surface area (Å²) in [5, 5.41) is 3.40. The molecule has 2 aromatic carbocycles. The van der Waals surface area contributed by atoms with Crippen molar-refractivity contribution in [3.05, 3.63) is 65.2 Å². The lowest BCUT2D eigenvalue weighted by molar-refractivity contribution is -0.137. The number of alkyl halides is 3. The number of hydrogen-bond acceptors (Lipinski definition) is 4. The summed E-state index contributed by atoms with van der Waals surface area (Å²) in [5.74, 6) is 0.829. The van der Waals surface area contributed by atoms with E-state index < -0.39 is 11.7 Å². The van der Waals surface area contributed by atoms with Crippen molar-refractivity contribution in [2.45, 2.75) is 44.6 Å². The maximum atomic E-state index is 12.6. The summed E-state index contributed by atoms with van der Waals surface area (Å²) in [6.07, 6.45) is -1.98. The predicted octanol–water partition coefficient (Wildman–Crippen LogP) is 4.62. The normalized spacial score (nSPS) is 18.2. The first kappa shape index (κ1) is 20.6. The van der Waals surface area contributed by atoms with Crippen molar-refractivity contribution in [1.29, 1.82) is 0 Å². The number of hydrogen-bond donors (Lipinski definition) is 2. The Labute approximate surface area is 163 Å². The lowest BCUT2D eigenvalue weighted by Gasteiger charge is -2.16. The summed E-state index contributed by atoms with van der Waals surface area (Å²) in [6.45, 7) is 3.86. The van der Waals surface area contributed by atoms with E-state index in [1.54, 1.807) is 0 Å². The SMILES string of the molecule is CC(NOCc1ccc(C(F)(F)F)cc1)c1ccc(OCC2CCCN2)cc1. The number of nitrogens with one attached hydrogen (secondary N) is 2. The zero-order chi connectivity index (χ0) is 20.0. The molecule has 1 heterocycles. The molecule has 1 aliphatic heterocycles. The molecule has 0 bridgehead atoms. The molecule has 152 valence electrons. The van der Waals surface area contributed by atoms with Crippen LogP contribution in [0, 0.1) is 0 Å². The molecule has 0 aromatic heterocycles. The van der Waals surface area contributed by atoms with Gasteiger partial charge in [-0.25, -0.2) is 0 Å². The second-order valence-corrected chi connectivity index (χ2v) is 7.00. The molecule has 0 radical (unpaired) electrons. The van der Waals surface area contributed by atoms with Crippen LogP contribution in [0.1, 0.15) is 42.5 Å². The minimum absolute atomic E-state index is 0.0694. The summed E-state index contributed by atoms with van der Waals surface area (Å²) in [5.41, 5.74) is 3.94. The van der Waals surface area contributed by atoms with Gasteiger partial charge in [-0.2, -0.15) is 18.7 Å². The smallest absolute Gasteiger partial charge is 0.416 e. The lowest BCUT2D eigenvalue weighted by Crippen LogP contribution is -2.28. The van der Waals surface area contributed by atoms with Crippen LogP contribution in [0.5, 0.6) is 5.75 Å². The van der Waals surface area contributed by atoms with Gasteiger partial charge in [0.15, 0.2) is 0 Å². The van der Waals surface area contributed by atoms with Crippen LogP contribution in [0.4, 0.5) is 13.2 Å². The van der Waals surface area contributed by atoms with Gasteiger partial charge < -0.3 is 10.1 Å². The Kier molecular flexibility index (Phi) is 6.93. The molecule has 1 fully saturated rings. The minimum Gasteiger partial charge on any atom is -0.492 e. The second kappa shape index (κ2) is 9.41. The Bertz CT molecular complexity index is 727. The summed E-state index contributed by atoms with van der Waals surface area (Å²) < 4.78 is 43.5. The van der Waals surface area contributed by atoms with Gasteiger partial charge in [0.25, 0.3) is 0 Å². The molecule has 0 spiro atoms. The Balaban J connectivity index is 1.42. The fraction of sp³-hybridized carbons (Fsp3) is 0.429. The molecule has 2 unspecified atom stereocenters. The van der Waals surface area contributed by atoms with Crippen molar-refractivity contribution in [3.63, 3.8) is 0 Å². The predicted molar refractivity (Wildman–Crippen MR) is 101 cm³/mol. The molecule has 0 saturated carbocycles. The fourth-order valence-electron chi connectivity index (χ4n) is 3.06. The molecule has 0 amide bonds. The average Bonchev–Trinajstić information content (AvgIpc) is 3.20. The van der Waals surface area contributed by atoms with Gasteiger partial charge in [-0.3, -0.25) is 4.84 Å². The van der Waals surface area contributed by atoms with E-state index >= 15 is 0 Å². The van der Waals surface area contributed by atoms with Crippen molar-refractivity contribution in [3.8, 4) is 5.75 Å². The molecule has 2 aromatic rings. The fourth-order valence-corrected chi connectivity index (χ4v) is 3.06. The topological polar surface area (TPSA) is 42.5 Å². The third kappa shape index (κ3) is 5.95. The second-order valence-electron chi connectivity index (χ2n) is 7.00. The first-order valence-corrected chi connectivity index (χ1v) is 9.41. The van der Waals surface area contributed by atoms with E-state index in [-0.39, 0.29) is 12.6 Å². The molecule has 2 atom stereocenters. The van der Waals surface area contributed by atoms with Gasteiger partial charge in [-0.1, -0.05) is 24.3 Å². The molecule has 1 saturated heterocycles. The Morgan fingerprint density at radius 1 is 1.11 bits per heavy atom. The molecule has 7 heteroatoms. The summed E-state index contributed by atoms with van der Waals surface area (Å²) >= 11 is 0. The molecule has 28 heavy (non-hydrogen) atoms. The van der Waals surface area contributed by atoms with Gasteiger partial charge in [-0.15, -0.1) is 0 Å². The van der Waals surface area contributed by atoms with Crippen molar-refractivity contribution in [2.75, 3.05) is 13.2 Å².